The summed E-state index contributed by atoms with van der Waals surface area (Å²) in [6.07, 6.45) is 0. The van der Waals surface area contributed by atoms with E-state index in [9.17, 15) is 0 Å². The fourth-order valence-corrected chi connectivity index (χ4v) is 2.89. The van der Waals surface area contributed by atoms with Crippen LogP contribution in [0.1, 0.15) is 16.7 Å². The van der Waals surface area contributed by atoms with Crippen LogP contribution in [-0.4, -0.2) is 20.3 Å². The molecule has 0 aliphatic carbocycles. The molecular weight excluding hydrogens is 350 g/mol. The first kappa shape index (κ1) is 19.8. The Hall–Kier alpha value is -2.98. The first-order chi connectivity index (χ1) is 13.8. The van der Waals surface area contributed by atoms with Crippen molar-refractivity contribution in [3.63, 3.8) is 0 Å². The van der Waals surface area contributed by atoms with Crippen molar-refractivity contribution >= 4 is 0 Å². The van der Waals surface area contributed by atoms with Crippen LogP contribution in [-0.2, 0) is 13.1 Å². The molecular formula is C24H27NO3. The van der Waals surface area contributed by atoms with E-state index in [1.807, 2.05) is 42.5 Å². The largest absolute Gasteiger partial charge is 0.493 e. The Labute approximate surface area is 167 Å². The Kier molecular flexibility index (Phi) is 7.33. The Morgan fingerprint density at radius 1 is 0.750 bits per heavy atom. The molecule has 0 heterocycles. The van der Waals surface area contributed by atoms with Crippen LogP contribution in [0.25, 0.3) is 0 Å². The Bertz CT molecular complexity index is 847. The minimum Gasteiger partial charge on any atom is -0.493 e. The van der Waals surface area contributed by atoms with Gasteiger partial charge in [-0.3, -0.25) is 0 Å². The summed E-state index contributed by atoms with van der Waals surface area (Å²) in [5, 5.41) is 3.48. The summed E-state index contributed by atoms with van der Waals surface area (Å²) in [5.74, 6) is 2.33. The fourth-order valence-electron chi connectivity index (χ4n) is 2.89. The highest BCUT2D eigenvalue weighted by molar-refractivity contribution is 5.46. The van der Waals surface area contributed by atoms with Crippen molar-refractivity contribution in [1.82, 2.24) is 5.32 Å². The molecule has 0 aliphatic heterocycles. The number of rotatable bonds is 10. The highest BCUT2D eigenvalue weighted by Gasteiger charge is 2.10. The predicted octanol–water partition coefficient (Wildman–Crippen LogP) is 4.75. The van der Waals surface area contributed by atoms with E-state index < -0.39 is 0 Å². The highest BCUT2D eigenvalue weighted by Crippen LogP contribution is 2.31. The van der Waals surface area contributed by atoms with Gasteiger partial charge in [-0.2, -0.15) is 0 Å². The molecule has 0 saturated heterocycles. The summed E-state index contributed by atoms with van der Waals surface area (Å²) in [7, 11) is 1.66. The van der Waals surface area contributed by atoms with Gasteiger partial charge in [-0.25, -0.2) is 0 Å². The predicted molar refractivity (Wildman–Crippen MR) is 112 cm³/mol. The molecule has 0 spiro atoms. The summed E-state index contributed by atoms with van der Waals surface area (Å²) in [6, 6.07) is 24.2. The van der Waals surface area contributed by atoms with Gasteiger partial charge < -0.3 is 19.5 Å². The second kappa shape index (κ2) is 10.4. The van der Waals surface area contributed by atoms with E-state index >= 15 is 0 Å². The topological polar surface area (TPSA) is 39.7 Å². The van der Waals surface area contributed by atoms with Crippen LogP contribution < -0.4 is 19.5 Å². The van der Waals surface area contributed by atoms with E-state index in [4.69, 9.17) is 14.2 Å². The second-order valence-corrected chi connectivity index (χ2v) is 6.55. The number of ether oxygens (including phenoxy) is 3. The normalized spacial score (nSPS) is 10.5. The van der Waals surface area contributed by atoms with Gasteiger partial charge in [0, 0.05) is 18.7 Å². The van der Waals surface area contributed by atoms with Crippen LogP contribution in [0.2, 0.25) is 0 Å². The van der Waals surface area contributed by atoms with E-state index in [0.29, 0.717) is 19.8 Å². The molecule has 0 fully saturated rings. The molecule has 0 radical (unpaired) electrons. The standard InChI is InChI=1S/C24H27NO3/c1-19-11-13-20(14-12-19)17-25-18-21-7-6-10-23(26-2)24(21)28-16-15-27-22-8-4-3-5-9-22/h3-14,25H,15-18H2,1-2H3. The lowest BCUT2D eigenvalue weighted by Gasteiger charge is -2.16. The average Bonchev–Trinajstić information content (AvgIpc) is 2.74. The molecule has 28 heavy (non-hydrogen) atoms. The van der Waals surface area contributed by atoms with E-state index in [1.54, 1.807) is 7.11 Å². The zero-order chi connectivity index (χ0) is 19.6. The smallest absolute Gasteiger partial charge is 0.165 e. The molecule has 3 rings (SSSR count). The molecule has 0 amide bonds. The Morgan fingerprint density at radius 2 is 1.50 bits per heavy atom. The van der Waals surface area contributed by atoms with Crippen molar-refractivity contribution in [3.05, 3.63) is 89.5 Å². The van der Waals surface area contributed by atoms with Crippen molar-refractivity contribution in [2.24, 2.45) is 0 Å². The van der Waals surface area contributed by atoms with Crippen molar-refractivity contribution in [2.75, 3.05) is 20.3 Å². The van der Waals surface area contributed by atoms with E-state index in [2.05, 4.69) is 42.6 Å². The van der Waals surface area contributed by atoms with Gasteiger partial charge in [0.05, 0.1) is 7.11 Å². The molecule has 146 valence electrons. The molecule has 0 saturated carbocycles. The summed E-state index contributed by atoms with van der Waals surface area (Å²) in [4.78, 5) is 0. The molecule has 1 N–H and O–H groups in total. The molecule has 0 aliphatic rings. The molecule has 0 bridgehead atoms. The zero-order valence-electron chi connectivity index (χ0n) is 16.5. The summed E-state index contributed by atoms with van der Waals surface area (Å²) >= 11 is 0. The number of para-hydroxylation sites is 2. The Balaban J connectivity index is 1.55. The summed E-state index contributed by atoms with van der Waals surface area (Å²) in [5.41, 5.74) is 3.59. The van der Waals surface area contributed by atoms with Crippen LogP contribution in [0.4, 0.5) is 0 Å². The number of nitrogens with one attached hydrogen (secondary N) is 1. The lowest BCUT2D eigenvalue weighted by molar-refractivity contribution is 0.209. The van der Waals surface area contributed by atoms with Crippen molar-refractivity contribution in [1.29, 1.82) is 0 Å². The third-order valence-corrected chi connectivity index (χ3v) is 4.39. The lowest BCUT2D eigenvalue weighted by atomic mass is 10.1. The average molecular weight is 377 g/mol. The number of hydrogen-bond acceptors (Lipinski definition) is 4. The lowest BCUT2D eigenvalue weighted by Crippen LogP contribution is -2.15. The van der Waals surface area contributed by atoms with Crippen LogP contribution in [0.5, 0.6) is 17.2 Å². The minimum atomic E-state index is 0.445. The highest BCUT2D eigenvalue weighted by atomic mass is 16.5. The van der Waals surface area contributed by atoms with Gasteiger partial charge in [0.2, 0.25) is 0 Å². The molecule has 0 atom stereocenters. The van der Waals surface area contributed by atoms with Crippen LogP contribution >= 0.6 is 0 Å². The maximum absolute atomic E-state index is 6.01. The van der Waals surface area contributed by atoms with E-state index in [1.165, 1.54) is 11.1 Å². The third-order valence-electron chi connectivity index (χ3n) is 4.39. The zero-order valence-corrected chi connectivity index (χ0v) is 16.5. The quantitative estimate of drug-likeness (QED) is 0.518. The maximum atomic E-state index is 6.01. The fraction of sp³-hybridized carbons (Fsp3) is 0.250. The van der Waals surface area contributed by atoms with Gasteiger partial charge in [0.25, 0.3) is 0 Å². The molecule has 0 unspecified atom stereocenters. The van der Waals surface area contributed by atoms with Gasteiger partial charge in [-0.05, 0) is 30.7 Å². The first-order valence-electron chi connectivity index (χ1n) is 9.49. The summed E-state index contributed by atoms with van der Waals surface area (Å²) in [6.45, 7) is 4.51. The SMILES string of the molecule is COc1cccc(CNCc2ccc(C)cc2)c1OCCOc1ccccc1. The van der Waals surface area contributed by atoms with Crippen molar-refractivity contribution < 1.29 is 14.2 Å². The molecule has 3 aromatic rings. The number of aryl methyl sites for hydroxylation is 1. The van der Waals surface area contributed by atoms with Gasteiger partial charge in [0.1, 0.15) is 19.0 Å². The van der Waals surface area contributed by atoms with Gasteiger partial charge in [-0.1, -0.05) is 60.2 Å². The van der Waals surface area contributed by atoms with Crippen LogP contribution in [0.15, 0.2) is 72.8 Å². The molecule has 4 heteroatoms. The van der Waals surface area contributed by atoms with Crippen LogP contribution in [0.3, 0.4) is 0 Å². The number of methoxy groups -OCH3 is 1. The third kappa shape index (κ3) is 5.76. The first-order valence-corrected chi connectivity index (χ1v) is 9.49. The van der Waals surface area contributed by atoms with Crippen LogP contribution in [0, 0.1) is 6.92 Å². The second-order valence-electron chi connectivity index (χ2n) is 6.55. The Morgan fingerprint density at radius 3 is 2.25 bits per heavy atom. The van der Waals surface area contributed by atoms with E-state index in [0.717, 1.165) is 29.4 Å². The number of benzene rings is 3. The van der Waals surface area contributed by atoms with Gasteiger partial charge in [0.15, 0.2) is 11.5 Å². The monoisotopic (exact) mass is 377 g/mol. The molecule has 0 aromatic heterocycles. The van der Waals surface area contributed by atoms with Crippen molar-refractivity contribution in [3.8, 4) is 17.2 Å². The summed E-state index contributed by atoms with van der Waals surface area (Å²) < 4.78 is 17.2. The molecule has 3 aromatic carbocycles. The van der Waals surface area contributed by atoms with E-state index in [-0.39, 0.29) is 0 Å². The van der Waals surface area contributed by atoms with Gasteiger partial charge >= 0.3 is 0 Å². The molecule has 4 nitrogen and oxygen atoms in total. The van der Waals surface area contributed by atoms with Gasteiger partial charge in [-0.15, -0.1) is 0 Å². The number of hydrogen-bond donors (Lipinski definition) is 1. The van der Waals surface area contributed by atoms with Crippen molar-refractivity contribution in [2.45, 2.75) is 20.0 Å². The maximum Gasteiger partial charge on any atom is 0.165 e. The minimum absolute atomic E-state index is 0.445.